The third kappa shape index (κ3) is 4.11. The summed E-state index contributed by atoms with van der Waals surface area (Å²) >= 11 is 0. The molecular weight excluding hydrogens is 289 g/mol. The molecule has 2 N–H and O–H groups in total. The molecule has 0 radical (unpaired) electrons. The number of nitrogens with zero attached hydrogens (tertiary/aromatic N) is 1. The lowest BCUT2D eigenvalue weighted by atomic mass is 9.98. The number of piperidine rings is 1. The third-order valence-corrected chi connectivity index (χ3v) is 3.68. The van der Waals surface area contributed by atoms with Crippen molar-refractivity contribution in [1.29, 1.82) is 0 Å². The number of likely N-dealkylation sites (tertiary alicyclic amines) is 1. The van der Waals surface area contributed by atoms with Crippen molar-refractivity contribution in [2.75, 3.05) is 13.1 Å². The highest BCUT2D eigenvalue weighted by atomic mass is 35.5. The summed E-state index contributed by atoms with van der Waals surface area (Å²) in [6.45, 7) is 1.94. The first-order chi connectivity index (χ1) is 9.11. The van der Waals surface area contributed by atoms with Crippen LogP contribution in [0.25, 0.3) is 0 Å². The van der Waals surface area contributed by atoms with Crippen LogP contribution in [0.1, 0.15) is 31.2 Å². The van der Waals surface area contributed by atoms with E-state index >= 15 is 0 Å². The molecule has 20 heavy (non-hydrogen) atoms. The van der Waals surface area contributed by atoms with Gasteiger partial charge in [0, 0.05) is 12.6 Å². The van der Waals surface area contributed by atoms with Gasteiger partial charge in [-0.25, -0.2) is 13.2 Å². The average Bonchev–Trinajstić information content (AvgIpc) is 2.38. The summed E-state index contributed by atoms with van der Waals surface area (Å²) in [5, 5.41) is 0. The zero-order valence-corrected chi connectivity index (χ0v) is 12.1. The minimum absolute atomic E-state index is 0. The lowest BCUT2D eigenvalue weighted by molar-refractivity contribution is 0.133. The van der Waals surface area contributed by atoms with E-state index in [0.717, 1.165) is 44.4 Å². The molecule has 2 nitrogen and oxygen atoms in total. The SMILES string of the molecule is Cl.NCCC1CCCCN1Cc1cc(F)c(F)c(F)c1. The van der Waals surface area contributed by atoms with Gasteiger partial charge in [-0.2, -0.15) is 0 Å². The first kappa shape index (κ1) is 17.3. The molecule has 6 heteroatoms. The molecule has 0 aliphatic carbocycles. The van der Waals surface area contributed by atoms with Crippen LogP contribution in [0.2, 0.25) is 0 Å². The van der Waals surface area contributed by atoms with Crippen molar-refractivity contribution in [1.82, 2.24) is 4.90 Å². The van der Waals surface area contributed by atoms with Crippen LogP contribution in [0.15, 0.2) is 12.1 Å². The van der Waals surface area contributed by atoms with Crippen molar-refractivity contribution in [3.05, 3.63) is 35.1 Å². The summed E-state index contributed by atoms with van der Waals surface area (Å²) in [4.78, 5) is 2.18. The predicted molar refractivity (Wildman–Crippen MR) is 75.3 cm³/mol. The fraction of sp³-hybridized carbons (Fsp3) is 0.571. The van der Waals surface area contributed by atoms with E-state index in [-0.39, 0.29) is 12.4 Å². The molecule has 1 unspecified atom stereocenters. The predicted octanol–water partition coefficient (Wildman–Crippen LogP) is 3.23. The van der Waals surface area contributed by atoms with E-state index in [9.17, 15) is 13.2 Å². The minimum Gasteiger partial charge on any atom is -0.330 e. The van der Waals surface area contributed by atoms with Crippen molar-refractivity contribution < 1.29 is 13.2 Å². The fourth-order valence-electron chi connectivity index (χ4n) is 2.72. The van der Waals surface area contributed by atoms with Crippen LogP contribution in [0.5, 0.6) is 0 Å². The molecule has 0 bridgehead atoms. The first-order valence-electron chi connectivity index (χ1n) is 6.69. The largest absolute Gasteiger partial charge is 0.330 e. The van der Waals surface area contributed by atoms with E-state index in [2.05, 4.69) is 4.90 Å². The normalized spacial score (nSPS) is 19.7. The Balaban J connectivity index is 0.00000200. The zero-order chi connectivity index (χ0) is 13.8. The second-order valence-electron chi connectivity index (χ2n) is 5.07. The molecule has 1 fully saturated rings. The van der Waals surface area contributed by atoms with Crippen LogP contribution >= 0.6 is 12.4 Å². The van der Waals surface area contributed by atoms with Crippen LogP contribution in [0.4, 0.5) is 13.2 Å². The number of halogens is 4. The Morgan fingerprint density at radius 2 is 1.80 bits per heavy atom. The molecule has 1 atom stereocenters. The number of nitrogens with two attached hydrogens (primary N) is 1. The Kier molecular flexibility index (Phi) is 6.79. The average molecular weight is 309 g/mol. The van der Waals surface area contributed by atoms with Crippen LogP contribution in [0, 0.1) is 17.5 Å². The third-order valence-electron chi connectivity index (χ3n) is 3.68. The molecule has 1 aromatic rings. The molecule has 0 spiro atoms. The van der Waals surface area contributed by atoms with Gasteiger partial charge in [-0.15, -0.1) is 12.4 Å². The van der Waals surface area contributed by atoms with Crippen molar-refractivity contribution in [2.45, 2.75) is 38.3 Å². The number of rotatable bonds is 4. The summed E-state index contributed by atoms with van der Waals surface area (Å²) in [7, 11) is 0. The Bertz CT molecular complexity index is 417. The number of hydrogen-bond donors (Lipinski definition) is 1. The Labute approximate surface area is 123 Å². The smallest absolute Gasteiger partial charge is 0.194 e. The molecule has 1 aliphatic rings. The quantitative estimate of drug-likeness (QED) is 0.865. The standard InChI is InChI=1S/C14H19F3N2.ClH/c15-12-7-10(8-13(16)14(12)17)9-19-6-2-1-3-11(19)4-5-18;/h7-8,11H,1-6,9,18H2;1H. The maximum atomic E-state index is 13.2. The summed E-state index contributed by atoms with van der Waals surface area (Å²) in [6.07, 6.45) is 4.18. The van der Waals surface area contributed by atoms with E-state index in [1.54, 1.807) is 0 Å². The van der Waals surface area contributed by atoms with Crippen LogP contribution < -0.4 is 5.73 Å². The molecule has 114 valence electrons. The maximum Gasteiger partial charge on any atom is 0.194 e. The van der Waals surface area contributed by atoms with Crippen molar-refractivity contribution in [3.8, 4) is 0 Å². The highest BCUT2D eigenvalue weighted by Crippen LogP contribution is 2.23. The molecule has 2 rings (SSSR count). The molecular formula is C14H20ClF3N2. The summed E-state index contributed by atoms with van der Waals surface area (Å²) in [5.74, 6) is -3.65. The van der Waals surface area contributed by atoms with Gasteiger partial charge in [0.2, 0.25) is 0 Å². The van der Waals surface area contributed by atoms with Crippen molar-refractivity contribution >= 4 is 12.4 Å². The van der Waals surface area contributed by atoms with E-state index in [1.807, 2.05) is 0 Å². The highest BCUT2D eigenvalue weighted by Gasteiger charge is 2.22. The molecule has 1 aromatic carbocycles. The Morgan fingerprint density at radius 1 is 1.15 bits per heavy atom. The molecule has 0 aromatic heterocycles. The fourth-order valence-corrected chi connectivity index (χ4v) is 2.72. The van der Waals surface area contributed by atoms with Crippen LogP contribution in [0.3, 0.4) is 0 Å². The topological polar surface area (TPSA) is 29.3 Å². The lowest BCUT2D eigenvalue weighted by Gasteiger charge is -2.35. The van der Waals surface area contributed by atoms with E-state index < -0.39 is 17.5 Å². The van der Waals surface area contributed by atoms with Gasteiger partial charge in [-0.05, 0) is 50.0 Å². The molecule has 1 saturated heterocycles. The monoisotopic (exact) mass is 308 g/mol. The second-order valence-corrected chi connectivity index (χ2v) is 5.07. The van der Waals surface area contributed by atoms with E-state index in [0.29, 0.717) is 24.7 Å². The summed E-state index contributed by atoms with van der Waals surface area (Å²) < 4.78 is 39.3. The number of hydrogen-bond acceptors (Lipinski definition) is 2. The van der Waals surface area contributed by atoms with Gasteiger partial charge < -0.3 is 5.73 Å². The van der Waals surface area contributed by atoms with Gasteiger partial charge in [-0.1, -0.05) is 6.42 Å². The van der Waals surface area contributed by atoms with Gasteiger partial charge in [0.25, 0.3) is 0 Å². The molecule has 1 heterocycles. The van der Waals surface area contributed by atoms with E-state index in [4.69, 9.17) is 5.73 Å². The van der Waals surface area contributed by atoms with Crippen LogP contribution in [-0.4, -0.2) is 24.0 Å². The zero-order valence-electron chi connectivity index (χ0n) is 11.2. The Hall–Kier alpha value is -0.780. The second kappa shape index (κ2) is 7.86. The Morgan fingerprint density at radius 3 is 2.40 bits per heavy atom. The molecule has 0 saturated carbocycles. The molecule has 0 amide bonds. The summed E-state index contributed by atoms with van der Waals surface area (Å²) in [6, 6.07) is 2.51. The highest BCUT2D eigenvalue weighted by molar-refractivity contribution is 5.85. The van der Waals surface area contributed by atoms with Crippen LogP contribution in [-0.2, 0) is 6.54 Å². The van der Waals surface area contributed by atoms with Gasteiger partial charge >= 0.3 is 0 Å². The van der Waals surface area contributed by atoms with Gasteiger partial charge in [0.15, 0.2) is 17.5 Å². The van der Waals surface area contributed by atoms with Crippen molar-refractivity contribution in [3.63, 3.8) is 0 Å². The lowest BCUT2D eigenvalue weighted by Crippen LogP contribution is -2.40. The van der Waals surface area contributed by atoms with Gasteiger partial charge in [0.05, 0.1) is 0 Å². The first-order valence-corrected chi connectivity index (χ1v) is 6.69. The maximum absolute atomic E-state index is 13.2. The van der Waals surface area contributed by atoms with E-state index in [1.165, 1.54) is 0 Å². The van der Waals surface area contributed by atoms with Gasteiger partial charge in [-0.3, -0.25) is 4.90 Å². The van der Waals surface area contributed by atoms with Gasteiger partial charge in [0.1, 0.15) is 0 Å². The summed E-state index contributed by atoms with van der Waals surface area (Å²) in [5.41, 5.74) is 6.06. The minimum atomic E-state index is -1.40. The van der Waals surface area contributed by atoms with Crippen molar-refractivity contribution in [2.24, 2.45) is 5.73 Å². The molecule has 1 aliphatic heterocycles. The number of benzene rings is 1.